The van der Waals surface area contributed by atoms with E-state index in [4.69, 9.17) is 0 Å². The molecule has 3 nitrogen and oxygen atoms in total. The van der Waals surface area contributed by atoms with Crippen molar-refractivity contribution in [1.29, 1.82) is 0 Å². The number of aryl methyl sites for hydroxylation is 1. The van der Waals surface area contributed by atoms with E-state index >= 15 is 0 Å². The lowest BCUT2D eigenvalue weighted by atomic mass is 9.96. The lowest BCUT2D eigenvalue weighted by Crippen LogP contribution is -2.52. The summed E-state index contributed by atoms with van der Waals surface area (Å²) in [5.74, 6) is 1.17. The quantitative estimate of drug-likeness (QED) is 0.813. The zero-order valence-electron chi connectivity index (χ0n) is 13.1. The molecule has 0 aliphatic heterocycles. The van der Waals surface area contributed by atoms with Crippen LogP contribution in [0.15, 0.2) is 12.4 Å². The van der Waals surface area contributed by atoms with Crippen molar-refractivity contribution in [3.8, 4) is 0 Å². The van der Waals surface area contributed by atoms with Gasteiger partial charge in [-0.05, 0) is 48.0 Å². The lowest BCUT2D eigenvalue weighted by Gasteiger charge is -2.45. The highest BCUT2D eigenvalue weighted by Gasteiger charge is 2.32. The minimum atomic E-state index is 0.140. The highest BCUT2D eigenvalue weighted by atomic mass is 15.3. The maximum absolute atomic E-state index is 4.52. The molecule has 0 aliphatic rings. The standard InChI is InChI=1S/C15H29N3/c1-8-10-17-11-9-16-13(17)12-18(14(2,3)4)15(5,6)7/h9,11H,8,10,12H2,1-7H3. The predicted molar refractivity (Wildman–Crippen MR) is 77.6 cm³/mol. The van der Waals surface area contributed by atoms with Crippen LogP contribution in [0.1, 0.15) is 60.7 Å². The van der Waals surface area contributed by atoms with Crippen LogP contribution < -0.4 is 0 Å². The third-order valence-corrected chi connectivity index (χ3v) is 3.19. The Bertz CT molecular complexity index is 352. The van der Waals surface area contributed by atoms with Crippen LogP contribution in [0.25, 0.3) is 0 Å². The number of aromatic nitrogens is 2. The highest BCUT2D eigenvalue weighted by Crippen LogP contribution is 2.26. The van der Waals surface area contributed by atoms with Gasteiger partial charge in [-0.3, -0.25) is 4.90 Å². The lowest BCUT2D eigenvalue weighted by molar-refractivity contribution is 0.0262. The summed E-state index contributed by atoms with van der Waals surface area (Å²) in [7, 11) is 0. The van der Waals surface area contributed by atoms with Gasteiger partial charge in [0, 0.05) is 30.0 Å². The van der Waals surface area contributed by atoms with Crippen LogP contribution >= 0.6 is 0 Å². The first-order valence-corrected chi connectivity index (χ1v) is 6.94. The largest absolute Gasteiger partial charge is 0.334 e. The fraction of sp³-hybridized carbons (Fsp3) is 0.800. The fourth-order valence-electron chi connectivity index (χ4n) is 2.56. The average molecular weight is 251 g/mol. The van der Waals surface area contributed by atoms with Gasteiger partial charge < -0.3 is 4.57 Å². The number of hydrogen-bond donors (Lipinski definition) is 0. The maximum atomic E-state index is 4.52. The Morgan fingerprint density at radius 2 is 1.67 bits per heavy atom. The molecule has 0 radical (unpaired) electrons. The van der Waals surface area contributed by atoms with Crippen LogP contribution in [0, 0.1) is 0 Å². The number of nitrogens with zero attached hydrogens (tertiary/aromatic N) is 3. The van der Waals surface area contributed by atoms with E-state index in [-0.39, 0.29) is 11.1 Å². The summed E-state index contributed by atoms with van der Waals surface area (Å²) in [6, 6.07) is 0. The Kier molecular flexibility index (Phi) is 4.60. The van der Waals surface area contributed by atoms with E-state index in [0.717, 1.165) is 19.5 Å². The maximum Gasteiger partial charge on any atom is 0.122 e. The third-order valence-electron chi connectivity index (χ3n) is 3.19. The van der Waals surface area contributed by atoms with Crippen LogP contribution in [0.4, 0.5) is 0 Å². The van der Waals surface area contributed by atoms with E-state index in [1.165, 1.54) is 5.82 Å². The van der Waals surface area contributed by atoms with Crippen LogP contribution in [-0.4, -0.2) is 25.5 Å². The molecule has 0 saturated carbocycles. The molecule has 0 N–H and O–H groups in total. The Morgan fingerprint density at radius 1 is 1.11 bits per heavy atom. The zero-order valence-corrected chi connectivity index (χ0v) is 13.1. The predicted octanol–water partition coefficient (Wildman–Crippen LogP) is 3.69. The van der Waals surface area contributed by atoms with Gasteiger partial charge >= 0.3 is 0 Å². The van der Waals surface area contributed by atoms with Gasteiger partial charge in [-0.2, -0.15) is 0 Å². The molecule has 1 aromatic rings. The molecule has 0 bridgehead atoms. The molecular weight excluding hydrogens is 222 g/mol. The molecule has 18 heavy (non-hydrogen) atoms. The molecule has 0 spiro atoms. The molecule has 3 heteroatoms. The minimum absolute atomic E-state index is 0.140. The summed E-state index contributed by atoms with van der Waals surface area (Å²) in [5, 5.41) is 0. The Labute approximate surface area is 112 Å². The monoisotopic (exact) mass is 251 g/mol. The summed E-state index contributed by atoms with van der Waals surface area (Å²) < 4.78 is 2.27. The second kappa shape index (κ2) is 5.43. The molecule has 0 aliphatic carbocycles. The van der Waals surface area contributed by atoms with Gasteiger partial charge in [-0.25, -0.2) is 4.98 Å². The van der Waals surface area contributed by atoms with Gasteiger partial charge in [-0.15, -0.1) is 0 Å². The van der Waals surface area contributed by atoms with E-state index in [1.807, 2.05) is 6.20 Å². The van der Waals surface area contributed by atoms with E-state index in [2.05, 4.69) is 69.1 Å². The molecule has 0 saturated heterocycles. The number of imidazole rings is 1. The average Bonchev–Trinajstić information content (AvgIpc) is 2.59. The Morgan fingerprint density at radius 3 is 2.11 bits per heavy atom. The van der Waals surface area contributed by atoms with E-state index in [9.17, 15) is 0 Å². The molecule has 0 amide bonds. The molecule has 104 valence electrons. The molecular formula is C15H29N3. The van der Waals surface area contributed by atoms with Crippen molar-refractivity contribution in [1.82, 2.24) is 14.5 Å². The first-order chi connectivity index (χ1) is 8.16. The smallest absolute Gasteiger partial charge is 0.122 e. The van der Waals surface area contributed by atoms with Gasteiger partial charge in [0.25, 0.3) is 0 Å². The van der Waals surface area contributed by atoms with Crippen LogP contribution in [0.5, 0.6) is 0 Å². The van der Waals surface area contributed by atoms with Crippen molar-refractivity contribution in [2.75, 3.05) is 0 Å². The van der Waals surface area contributed by atoms with Crippen molar-refractivity contribution in [3.05, 3.63) is 18.2 Å². The van der Waals surface area contributed by atoms with Gasteiger partial charge in [0.1, 0.15) is 5.82 Å². The molecule has 1 rings (SSSR count). The topological polar surface area (TPSA) is 21.1 Å². The molecule has 0 atom stereocenters. The molecule has 0 fully saturated rings. The normalized spacial score (nSPS) is 13.3. The van der Waals surface area contributed by atoms with E-state index < -0.39 is 0 Å². The van der Waals surface area contributed by atoms with Gasteiger partial charge in [0.2, 0.25) is 0 Å². The van der Waals surface area contributed by atoms with Gasteiger partial charge in [0.05, 0.1) is 6.54 Å². The van der Waals surface area contributed by atoms with Crippen LogP contribution in [0.3, 0.4) is 0 Å². The fourth-order valence-corrected chi connectivity index (χ4v) is 2.56. The zero-order chi connectivity index (χ0) is 14.0. The van der Waals surface area contributed by atoms with Gasteiger partial charge in [-0.1, -0.05) is 6.92 Å². The minimum Gasteiger partial charge on any atom is -0.334 e. The SMILES string of the molecule is CCCn1ccnc1CN(C(C)(C)C)C(C)(C)C. The third kappa shape index (κ3) is 3.84. The summed E-state index contributed by atoms with van der Waals surface area (Å²) in [6.45, 7) is 17.8. The highest BCUT2D eigenvalue weighted by molar-refractivity contribution is 4.97. The van der Waals surface area contributed by atoms with Crippen molar-refractivity contribution >= 4 is 0 Å². The molecule has 1 heterocycles. The first-order valence-electron chi connectivity index (χ1n) is 6.94. The van der Waals surface area contributed by atoms with E-state index in [0.29, 0.717) is 0 Å². The first kappa shape index (κ1) is 15.2. The van der Waals surface area contributed by atoms with Crippen molar-refractivity contribution in [2.45, 2.75) is 79.1 Å². The summed E-state index contributed by atoms with van der Waals surface area (Å²) in [5.41, 5.74) is 0.280. The Balaban J connectivity index is 2.94. The van der Waals surface area contributed by atoms with Crippen molar-refractivity contribution in [3.63, 3.8) is 0 Å². The molecule has 1 aromatic heterocycles. The second-order valence-corrected chi connectivity index (χ2v) is 6.96. The summed E-state index contributed by atoms with van der Waals surface area (Å²) in [6.07, 6.45) is 5.14. The van der Waals surface area contributed by atoms with Gasteiger partial charge in [0.15, 0.2) is 0 Å². The van der Waals surface area contributed by atoms with Crippen molar-refractivity contribution in [2.24, 2.45) is 0 Å². The number of rotatable bonds is 4. The molecule has 0 aromatic carbocycles. The Hall–Kier alpha value is -0.830. The van der Waals surface area contributed by atoms with Crippen LogP contribution in [0.2, 0.25) is 0 Å². The second-order valence-electron chi connectivity index (χ2n) is 6.96. The summed E-state index contributed by atoms with van der Waals surface area (Å²) >= 11 is 0. The number of hydrogen-bond acceptors (Lipinski definition) is 2. The van der Waals surface area contributed by atoms with E-state index in [1.54, 1.807) is 0 Å². The van der Waals surface area contributed by atoms with Crippen LogP contribution in [-0.2, 0) is 13.1 Å². The van der Waals surface area contributed by atoms with Crippen molar-refractivity contribution < 1.29 is 0 Å². The molecule has 0 unspecified atom stereocenters. The summed E-state index contributed by atoms with van der Waals surface area (Å²) in [4.78, 5) is 7.03.